The van der Waals surface area contributed by atoms with Crippen molar-refractivity contribution < 1.29 is 14.1 Å². The molecule has 122 valence electrons. The van der Waals surface area contributed by atoms with Crippen LogP contribution in [0.2, 0.25) is 0 Å². The van der Waals surface area contributed by atoms with Crippen LogP contribution in [0.4, 0.5) is 6.01 Å². The van der Waals surface area contributed by atoms with E-state index in [9.17, 15) is 4.79 Å². The second-order valence-electron chi connectivity index (χ2n) is 5.50. The number of hydrogen-bond donors (Lipinski definition) is 1. The van der Waals surface area contributed by atoms with Crippen LogP contribution in [0.5, 0.6) is 5.75 Å². The van der Waals surface area contributed by atoms with E-state index in [1.807, 2.05) is 29.2 Å². The molecule has 2 heterocycles. The molecule has 0 atom stereocenters. The summed E-state index contributed by atoms with van der Waals surface area (Å²) in [6.07, 6.45) is 1.58. The number of hydrogen-bond acceptors (Lipinski definition) is 6. The fraction of sp³-hybridized carbons (Fsp3) is 0.438. The van der Waals surface area contributed by atoms with Gasteiger partial charge in [-0.2, -0.15) is 4.98 Å². The van der Waals surface area contributed by atoms with E-state index in [0.29, 0.717) is 11.8 Å². The zero-order valence-electron chi connectivity index (χ0n) is 13.3. The Morgan fingerprint density at radius 1 is 1.30 bits per heavy atom. The summed E-state index contributed by atoms with van der Waals surface area (Å²) in [6.45, 7) is 1.48. The minimum absolute atomic E-state index is 0.0697. The van der Waals surface area contributed by atoms with Crippen molar-refractivity contribution in [3.8, 4) is 17.1 Å². The van der Waals surface area contributed by atoms with E-state index >= 15 is 0 Å². The highest BCUT2D eigenvalue weighted by molar-refractivity contribution is 5.78. The first kappa shape index (κ1) is 15.3. The topological polar surface area (TPSA) is 80.5 Å². The summed E-state index contributed by atoms with van der Waals surface area (Å²) in [4.78, 5) is 18.1. The molecule has 0 aliphatic carbocycles. The molecular formula is C16H20N4O3. The summed E-state index contributed by atoms with van der Waals surface area (Å²) < 4.78 is 10.5. The van der Waals surface area contributed by atoms with Gasteiger partial charge in [0.25, 0.3) is 0 Å². The zero-order valence-corrected chi connectivity index (χ0v) is 13.3. The molecule has 1 saturated heterocycles. The zero-order chi connectivity index (χ0) is 16.2. The number of carbonyl (C=O) groups is 1. The van der Waals surface area contributed by atoms with Gasteiger partial charge in [0.05, 0.1) is 7.11 Å². The van der Waals surface area contributed by atoms with Crippen LogP contribution in [0.1, 0.15) is 12.8 Å². The fourth-order valence-corrected chi connectivity index (χ4v) is 2.74. The van der Waals surface area contributed by atoms with Crippen LogP contribution in [0.3, 0.4) is 0 Å². The van der Waals surface area contributed by atoms with Crippen LogP contribution < -0.4 is 15.0 Å². The molecule has 0 bridgehead atoms. The van der Waals surface area contributed by atoms with E-state index < -0.39 is 0 Å². The molecule has 2 aromatic rings. The summed E-state index contributed by atoms with van der Waals surface area (Å²) in [5.74, 6) is 1.51. The Bertz CT molecular complexity index is 660. The molecule has 0 spiro atoms. The molecule has 1 fully saturated rings. The molecule has 7 heteroatoms. The first-order chi connectivity index (χ1) is 11.2. The molecule has 1 aromatic carbocycles. The number of ether oxygens (including phenoxy) is 1. The number of piperidine rings is 1. The number of rotatable bonds is 4. The molecule has 0 unspecified atom stereocenters. The van der Waals surface area contributed by atoms with Crippen molar-refractivity contribution in [1.82, 2.24) is 15.5 Å². The third kappa shape index (κ3) is 3.28. The lowest BCUT2D eigenvalue weighted by Gasteiger charge is -2.29. The highest BCUT2D eigenvalue weighted by atomic mass is 16.5. The van der Waals surface area contributed by atoms with Crippen LogP contribution in [0, 0.1) is 5.92 Å². The van der Waals surface area contributed by atoms with E-state index in [1.54, 1.807) is 14.2 Å². The van der Waals surface area contributed by atoms with Crippen molar-refractivity contribution in [3.63, 3.8) is 0 Å². The summed E-state index contributed by atoms with van der Waals surface area (Å²) in [6, 6.07) is 8.02. The minimum atomic E-state index is 0.0697. The van der Waals surface area contributed by atoms with Gasteiger partial charge < -0.3 is 19.5 Å². The van der Waals surface area contributed by atoms with Gasteiger partial charge >= 0.3 is 6.01 Å². The van der Waals surface area contributed by atoms with Crippen molar-refractivity contribution in [2.75, 3.05) is 32.1 Å². The van der Waals surface area contributed by atoms with Crippen LogP contribution in [-0.2, 0) is 4.79 Å². The SMILES string of the molecule is CNC(=O)C1CCN(c2nc(-c3ccc(OC)cc3)no2)CC1. The van der Waals surface area contributed by atoms with E-state index in [-0.39, 0.29) is 11.8 Å². The van der Waals surface area contributed by atoms with Gasteiger partial charge in [0.15, 0.2) is 0 Å². The van der Waals surface area contributed by atoms with Crippen LogP contribution in [0.25, 0.3) is 11.4 Å². The standard InChI is InChI=1S/C16H20N4O3/c1-17-15(21)12-7-9-20(10-8-12)16-18-14(19-23-16)11-3-5-13(22-2)6-4-11/h3-6,12H,7-10H2,1-2H3,(H,17,21). The third-order valence-electron chi connectivity index (χ3n) is 4.15. The van der Waals surface area contributed by atoms with E-state index in [1.165, 1.54) is 0 Å². The minimum Gasteiger partial charge on any atom is -0.497 e. The lowest BCUT2D eigenvalue weighted by Crippen LogP contribution is -2.39. The number of aromatic nitrogens is 2. The first-order valence-electron chi connectivity index (χ1n) is 7.66. The maximum absolute atomic E-state index is 11.7. The largest absolute Gasteiger partial charge is 0.497 e. The number of anilines is 1. The number of nitrogens with one attached hydrogen (secondary N) is 1. The van der Waals surface area contributed by atoms with Crippen molar-refractivity contribution in [3.05, 3.63) is 24.3 Å². The Labute approximate surface area is 134 Å². The number of amides is 1. The second kappa shape index (κ2) is 6.68. The highest BCUT2D eigenvalue weighted by Gasteiger charge is 2.26. The normalized spacial score (nSPS) is 15.5. The molecule has 23 heavy (non-hydrogen) atoms. The van der Waals surface area contributed by atoms with Gasteiger partial charge in [0.2, 0.25) is 11.7 Å². The molecule has 0 saturated carbocycles. The molecule has 3 rings (SSSR count). The first-order valence-corrected chi connectivity index (χ1v) is 7.66. The fourth-order valence-electron chi connectivity index (χ4n) is 2.74. The van der Waals surface area contributed by atoms with E-state index in [4.69, 9.17) is 9.26 Å². The summed E-state index contributed by atoms with van der Waals surface area (Å²) >= 11 is 0. The predicted molar refractivity (Wildman–Crippen MR) is 85.3 cm³/mol. The van der Waals surface area contributed by atoms with Crippen LogP contribution >= 0.6 is 0 Å². The molecule has 7 nitrogen and oxygen atoms in total. The van der Waals surface area contributed by atoms with Gasteiger partial charge in [0.1, 0.15) is 5.75 Å². The lowest BCUT2D eigenvalue weighted by molar-refractivity contribution is -0.125. The number of benzene rings is 1. The third-order valence-corrected chi connectivity index (χ3v) is 4.15. The summed E-state index contributed by atoms with van der Waals surface area (Å²) in [5.41, 5.74) is 0.876. The molecular weight excluding hydrogens is 296 g/mol. The Balaban J connectivity index is 1.66. The Morgan fingerprint density at radius 2 is 2.00 bits per heavy atom. The van der Waals surface area contributed by atoms with Gasteiger partial charge in [-0.1, -0.05) is 5.16 Å². The molecule has 1 aromatic heterocycles. The Kier molecular flexibility index (Phi) is 4.45. The van der Waals surface area contributed by atoms with Gasteiger partial charge in [0, 0.05) is 31.6 Å². The smallest absolute Gasteiger partial charge is 0.324 e. The van der Waals surface area contributed by atoms with Gasteiger partial charge in [-0.05, 0) is 37.1 Å². The summed E-state index contributed by atoms with van der Waals surface area (Å²) in [7, 11) is 3.30. The van der Waals surface area contributed by atoms with Crippen molar-refractivity contribution in [2.24, 2.45) is 5.92 Å². The Morgan fingerprint density at radius 3 is 2.61 bits per heavy atom. The van der Waals surface area contributed by atoms with Crippen molar-refractivity contribution in [2.45, 2.75) is 12.8 Å². The predicted octanol–water partition coefficient (Wildman–Crippen LogP) is 1.71. The average Bonchev–Trinajstić information content (AvgIpc) is 3.11. The number of carbonyl (C=O) groups excluding carboxylic acids is 1. The van der Waals surface area contributed by atoms with E-state index in [2.05, 4.69) is 15.5 Å². The van der Waals surface area contributed by atoms with Crippen molar-refractivity contribution in [1.29, 1.82) is 0 Å². The maximum Gasteiger partial charge on any atom is 0.324 e. The van der Waals surface area contributed by atoms with Crippen LogP contribution in [0.15, 0.2) is 28.8 Å². The van der Waals surface area contributed by atoms with Gasteiger partial charge in [-0.25, -0.2) is 0 Å². The quantitative estimate of drug-likeness (QED) is 0.925. The average molecular weight is 316 g/mol. The van der Waals surface area contributed by atoms with Crippen LogP contribution in [-0.4, -0.2) is 43.3 Å². The number of nitrogens with zero attached hydrogens (tertiary/aromatic N) is 3. The Hall–Kier alpha value is -2.57. The molecule has 1 aliphatic heterocycles. The maximum atomic E-state index is 11.7. The molecule has 0 radical (unpaired) electrons. The van der Waals surface area contributed by atoms with E-state index in [0.717, 1.165) is 37.2 Å². The van der Waals surface area contributed by atoms with Gasteiger partial charge in [-0.3, -0.25) is 4.79 Å². The highest BCUT2D eigenvalue weighted by Crippen LogP contribution is 2.25. The number of methoxy groups -OCH3 is 1. The lowest BCUT2D eigenvalue weighted by atomic mass is 9.96. The molecule has 1 N–H and O–H groups in total. The van der Waals surface area contributed by atoms with Crippen molar-refractivity contribution >= 4 is 11.9 Å². The summed E-state index contributed by atoms with van der Waals surface area (Å²) in [5, 5.41) is 6.74. The monoisotopic (exact) mass is 316 g/mol. The second-order valence-corrected chi connectivity index (χ2v) is 5.50. The molecule has 1 amide bonds. The van der Waals surface area contributed by atoms with Gasteiger partial charge in [-0.15, -0.1) is 0 Å². The molecule has 1 aliphatic rings.